The summed E-state index contributed by atoms with van der Waals surface area (Å²) >= 11 is 0. The van der Waals surface area contributed by atoms with E-state index in [1.165, 1.54) is 18.9 Å². The van der Waals surface area contributed by atoms with Crippen molar-refractivity contribution < 1.29 is 14.1 Å². The van der Waals surface area contributed by atoms with E-state index < -0.39 is 16.4 Å². The van der Waals surface area contributed by atoms with Crippen LogP contribution in [-0.4, -0.2) is 23.4 Å². The highest BCUT2D eigenvalue weighted by Gasteiger charge is 2.17. The highest BCUT2D eigenvalue weighted by molar-refractivity contribution is 5.92. The van der Waals surface area contributed by atoms with Crippen LogP contribution in [0.2, 0.25) is 0 Å². The van der Waals surface area contributed by atoms with Crippen LogP contribution >= 0.6 is 0 Å². The molecule has 0 saturated heterocycles. The van der Waals surface area contributed by atoms with E-state index in [-0.39, 0.29) is 18.1 Å². The summed E-state index contributed by atoms with van der Waals surface area (Å²) < 4.78 is 13.1. The Morgan fingerprint density at radius 1 is 1.40 bits per heavy atom. The molecule has 0 spiro atoms. The van der Waals surface area contributed by atoms with E-state index in [2.05, 4.69) is 10.6 Å². The summed E-state index contributed by atoms with van der Waals surface area (Å²) in [5, 5.41) is 16.2. The maximum Gasteiger partial charge on any atom is 0.306 e. The van der Waals surface area contributed by atoms with Gasteiger partial charge in [-0.05, 0) is 25.0 Å². The van der Waals surface area contributed by atoms with Crippen molar-refractivity contribution in [3.8, 4) is 0 Å². The minimum Gasteiger partial charge on any atom is -0.325 e. The molecule has 2 N–H and O–H groups in total. The van der Waals surface area contributed by atoms with Gasteiger partial charge in [0.2, 0.25) is 11.7 Å². The minimum atomic E-state index is -0.919. The van der Waals surface area contributed by atoms with Gasteiger partial charge in [-0.2, -0.15) is 4.39 Å². The normalized spacial score (nSPS) is 15.2. The number of hydrogen-bond acceptors (Lipinski definition) is 4. The second-order valence-electron chi connectivity index (χ2n) is 4.83. The number of nitrogens with zero attached hydrogens (tertiary/aromatic N) is 1. The first-order valence-corrected chi connectivity index (χ1v) is 6.53. The number of carbonyl (C=O) groups excluding carboxylic acids is 1. The number of nitrogens with one attached hydrogen (secondary N) is 2. The first-order chi connectivity index (χ1) is 9.56. The zero-order chi connectivity index (χ0) is 14.5. The Hall–Kier alpha value is -2.02. The van der Waals surface area contributed by atoms with E-state index in [4.69, 9.17) is 0 Å². The summed E-state index contributed by atoms with van der Waals surface area (Å²) in [6.07, 6.45) is 4.47. The topological polar surface area (TPSA) is 84.3 Å². The molecule has 1 aromatic carbocycles. The van der Waals surface area contributed by atoms with Gasteiger partial charge in [0, 0.05) is 17.8 Å². The maximum atomic E-state index is 13.1. The Bertz CT molecular complexity index is 516. The van der Waals surface area contributed by atoms with Gasteiger partial charge in [0.05, 0.1) is 11.5 Å². The molecule has 0 bridgehead atoms. The van der Waals surface area contributed by atoms with Crippen LogP contribution in [0.15, 0.2) is 18.2 Å². The van der Waals surface area contributed by atoms with E-state index in [0.717, 1.165) is 25.0 Å². The highest BCUT2D eigenvalue weighted by Crippen LogP contribution is 2.21. The van der Waals surface area contributed by atoms with Gasteiger partial charge >= 0.3 is 5.69 Å². The van der Waals surface area contributed by atoms with Gasteiger partial charge in [0.1, 0.15) is 0 Å². The number of hydrogen-bond donors (Lipinski definition) is 2. The zero-order valence-corrected chi connectivity index (χ0v) is 10.9. The highest BCUT2D eigenvalue weighted by atomic mass is 19.1. The number of benzene rings is 1. The van der Waals surface area contributed by atoms with Gasteiger partial charge in [-0.3, -0.25) is 14.9 Å². The van der Waals surface area contributed by atoms with E-state index in [9.17, 15) is 19.3 Å². The SMILES string of the molecule is O=C(CNC1CCCC1)Nc1ccc(F)c([N+](=O)[O-])c1. The van der Waals surface area contributed by atoms with Crippen molar-refractivity contribution in [2.24, 2.45) is 0 Å². The third kappa shape index (κ3) is 3.74. The van der Waals surface area contributed by atoms with Crippen LogP contribution in [0, 0.1) is 15.9 Å². The van der Waals surface area contributed by atoms with Crippen molar-refractivity contribution in [3.63, 3.8) is 0 Å². The van der Waals surface area contributed by atoms with Crippen molar-refractivity contribution in [1.82, 2.24) is 5.32 Å². The molecule has 1 aromatic rings. The molecule has 108 valence electrons. The largest absolute Gasteiger partial charge is 0.325 e. The second kappa shape index (κ2) is 6.42. The van der Waals surface area contributed by atoms with Gasteiger partial charge in [0.15, 0.2) is 0 Å². The zero-order valence-electron chi connectivity index (χ0n) is 10.9. The average molecular weight is 281 g/mol. The van der Waals surface area contributed by atoms with Crippen LogP contribution in [0.5, 0.6) is 0 Å². The molecule has 20 heavy (non-hydrogen) atoms. The summed E-state index contributed by atoms with van der Waals surface area (Å²) in [5.74, 6) is -1.21. The average Bonchev–Trinajstić information content (AvgIpc) is 2.91. The Morgan fingerprint density at radius 2 is 2.10 bits per heavy atom. The van der Waals surface area contributed by atoms with Crippen molar-refractivity contribution in [2.75, 3.05) is 11.9 Å². The Labute approximate surface area is 115 Å². The van der Waals surface area contributed by atoms with E-state index in [0.29, 0.717) is 6.04 Å². The number of anilines is 1. The monoisotopic (exact) mass is 281 g/mol. The third-order valence-corrected chi connectivity index (χ3v) is 3.33. The van der Waals surface area contributed by atoms with Crippen LogP contribution in [0.1, 0.15) is 25.7 Å². The number of nitro groups is 1. The Morgan fingerprint density at radius 3 is 2.75 bits per heavy atom. The molecule has 6 nitrogen and oxygen atoms in total. The molecule has 0 atom stereocenters. The fourth-order valence-electron chi connectivity index (χ4n) is 2.30. The number of amides is 1. The maximum absolute atomic E-state index is 13.1. The van der Waals surface area contributed by atoms with Crippen LogP contribution < -0.4 is 10.6 Å². The number of rotatable bonds is 5. The lowest BCUT2D eigenvalue weighted by Gasteiger charge is -2.11. The number of carbonyl (C=O) groups is 1. The first kappa shape index (κ1) is 14.4. The molecule has 0 radical (unpaired) electrons. The van der Waals surface area contributed by atoms with Crippen LogP contribution in [0.3, 0.4) is 0 Å². The number of halogens is 1. The molecule has 0 aromatic heterocycles. The molecule has 2 rings (SSSR count). The summed E-state index contributed by atoms with van der Waals surface area (Å²) in [5.41, 5.74) is -0.428. The summed E-state index contributed by atoms with van der Waals surface area (Å²) in [7, 11) is 0. The molecule has 1 aliphatic rings. The summed E-state index contributed by atoms with van der Waals surface area (Å²) in [4.78, 5) is 21.5. The van der Waals surface area contributed by atoms with E-state index >= 15 is 0 Å². The van der Waals surface area contributed by atoms with Gasteiger partial charge in [-0.25, -0.2) is 0 Å². The fourth-order valence-corrected chi connectivity index (χ4v) is 2.30. The molecule has 0 aliphatic heterocycles. The Balaban J connectivity index is 1.90. The van der Waals surface area contributed by atoms with Crippen LogP contribution in [0.4, 0.5) is 15.8 Å². The summed E-state index contributed by atoms with van der Waals surface area (Å²) in [6, 6.07) is 3.65. The van der Waals surface area contributed by atoms with Crippen molar-refractivity contribution in [1.29, 1.82) is 0 Å². The molecular weight excluding hydrogens is 265 g/mol. The first-order valence-electron chi connectivity index (χ1n) is 6.53. The molecule has 0 heterocycles. The van der Waals surface area contributed by atoms with E-state index in [1.54, 1.807) is 0 Å². The van der Waals surface area contributed by atoms with Crippen molar-refractivity contribution in [3.05, 3.63) is 34.1 Å². The van der Waals surface area contributed by atoms with Gasteiger partial charge in [-0.1, -0.05) is 12.8 Å². The molecule has 0 unspecified atom stereocenters. The lowest BCUT2D eigenvalue weighted by atomic mass is 10.2. The molecular formula is C13H16FN3O3. The Kier molecular flexibility index (Phi) is 4.62. The predicted octanol–water partition coefficient (Wildman–Crippen LogP) is 2.20. The third-order valence-electron chi connectivity index (χ3n) is 3.33. The molecule has 1 fully saturated rings. The second-order valence-corrected chi connectivity index (χ2v) is 4.83. The smallest absolute Gasteiger partial charge is 0.306 e. The molecule has 1 aliphatic carbocycles. The molecule has 1 saturated carbocycles. The van der Waals surface area contributed by atoms with Crippen LogP contribution in [-0.2, 0) is 4.79 Å². The fraction of sp³-hybridized carbons (Fsp3) is 0.462. The predicted molar refractivity (Wildman–Crippen MR) is 71.9 cm³/mol. The molecule has 1 amide bonds. The van der Waals surface area contributed by atoms with Crippen molar-refractivity contribution in [2.45, 2.75) is 31.7 Å². The standard InChI is InChI=1S/C13H16FN3O3/c14-11-6-5-10(7-12(11)17(19)20)16-13(18)8-15-9-3-1-2-4-9/h5-7,9,15H,1-4,8H2,(H,16,18). The quantitative estimate of drug-likeness (QED) is 0.640. The minimum absolute atomic E-state index is 0.149. The van der Waals surface area contributed by atoms with Gasteiger partial charge in [-0.15, -0.1) is 0 Å². The lowest BCUT2D eigenvalue weighted by Crippen LogP contribution is -2.34. The lowest BCUT2D eigenvalue weighted by molar-refractivity contribution is -0.387. The summed E-state index contributed by atoms with van der Waals surface area (Å²) in [6.45, 7) is 0.149. The van der Waals surface area contributed by atoms with Crippen molar-refractivity contribution >= 4 is 17.3 Å². The van der Waals surface area contributed by atoms with Gasteiger partial charge in [0.25, 0.3) is 0 Å². The number of nitro benzene ring substituents is 1. The van der Waals surface area contributed by atoms with E-state index in [1.807, 2.05) is 0 Å². The molecule has 7 heteroatoms. The van der Waals surface area contributed by atoms with Crippen LogP contribution in [0.25, 0.3) is 0 Å². The van der Waals surface area contributed by atoms with Gasteiger partial charge < -0.3 is 10.6 Å².